The van der Waals surface area contributed by atoms with Crippen molar-refractivity contribution >= 4 is 5.91 Å². The molecular formula is C8H14N4O2. The molecule has 1 rings (SSSR count). The number of amides is 1. The molecular weight excluding hydrogens is 184 g/mol. The van der Waals surface area contributed by atoms with Gasteiger partial charge in [0.15, 0.2) is 0 Å². The molecule has 1 saturated heterocycles. The van der Waals surface area contributed by atoms with E-state index in [0.29, 0.717) is 6.54 Å². The third kappa shape index (κ3) is 3.70. The molecule has 0 aliphatic carbocycles. The van der Waals surface area contributed by atoms with Crippen molar-refractivity contribution in [3.05, 3.63) is 0 Å². The Balaban J connectivity index is 2.10. The molecule has 78 valence electrons. The Hall–Kier alpha value is -1.16. The van der Waals surface area contributed by atoms with Gasteiger partial charge in [0.2, 0.25) is 5.91 Å². The van der Waals surface area contributed by atoms with E-state index in [9.17, 15) is 4.79 Å². The van der Waals surface area contributed by atoms with E-state index in [0.717, 1.165) is 12.8 Å². The zero-order valence-corrected chi connectivity index (χ0v) is 7.82. The van der Waals surface area contributed by atoms with E-state index in [4.69, 9.17) is 15.8 Å². The van der Waals surface area contributed by atoms with Crippen molar-refractivity contribution < 1.29 is 9.63 Å². The Morgan fingerprint density at radius 3 is 3.00 bits per heavy atom. The standard InChI is InChI=1S/C8H14N4O2/c9-3-6-1-2-7(4-11-6)12-14-5-8(10)13/h6-7,11-12H,1-2,4-5H2,(H2,10,13)/t6-,7+/m0/s1. The number of piperidine rings is 1. The number of carbonyl (C=O) groups is 1. The molecule has 2 atom stereocenters. The summed E-state index contributed by atoms with van der Waals surface area (Å²) < 4.78 is 0. The predicted octanol–water partition coefficient (Wildman–Crippen LogP) is -1.36. The van der Waals surface area contributed by atoms with Gasteiger partial charge in [-0.25, -0.2) is 0 Å². The number of nitrogens with one attached hydrogen (secondary N) is 2. The second-order valence-corrected chi connectivity index (χ2v) is 3.24. The summed E-state index contributed by atoms with van der Waals surface area (Å²) in [4.78, 5) is 15.2. The summed E-state index contributed by atoms with van der Waals surface area (Å²) in [7, 11) is 0. The second kappa shape index (κ2) is 5.54. The number of hydroxylamine groups is 1. The summed E-state index contributed by atoms with van der Waals surface area (Å²) in [5.41, 5.74) is 7.61. The smallest absolute Gasteiger partial charge is 0.245 e. The number of hydrogen-bond donors (Lipinski definition) is 3. The zero-order valence-electron chi connectivity index (χ0n) is 7.82. The van der Waals surface area contributed by atoms with Crippen molar-refractivity contribution in [1.82, 2.24) is 10.8 Å². The van der Waals surface area contributed by atoms with Gasteiger partial charge >= 0.3 is 0 Å². The van der Waals surface area contributed by atoms with Crippen LogP contribution in [-0.4, -0.2) is 31.1 Å². The molecule has 14 heavy (non-hydrogen) atoms. The number of nitrogens with zero attached hydrogens (tertiary/aromatic N) is 1. The van der Waals surface area contributed by atoms with Crippen molar-refractivity contribution in [3.8, 4) is 6.07 Å². The third-order valence-electron chi connectivity index (χ3n) is 2.03. The second-order valence-electron chi connectivity index (χ2n) is 3.24. The summed E-state index contributed by atoms with van der Waals surface area (Å²) in [6, 6.07) is 2.22. The van der Waals surface area contributed by atoms with Gasteiger partial charge in [-0.15, -0.1) is 0 Å². The Kier molecular flexibility index (Phi) is 4.32. The van der Waals surface area contributed by atoms with E-state index in [-0.39, 0.29) is 18.7 Å². The molecule has 1 fully saturated rings. The normalized spacial score (nSPS) is 26.8. The maximum atomic E-state index is 10.3. The van der Waals surface area contributed by atoms with Crippen LogP contribution in [0.4, 0.5) is 0 Å². The Morgan fingerprint density at radius 2 is 2.50 bits per heavy atom. The number of nitriles is 1. The lowest BCUT2D eigenvalue weighted by molar-refractivity contribution is -0.126. The highest BCUT2D eigenvalue weighted by Gasteiger charge is 2.19. The molecule has 6 nitrogen and oxygen atoms in total. The summed E-state index contributed by atoms with van der Waals surface area (Å²) in [6.45, 7) is 0.537. The lowest BCUT2D eigenvalue weighted by Gasteiger charge is -2.26. The molecule has 1 amide bonds. The molecule has 4 N–H and O–H groups in total. The maximum absolute atomic E-state index is 10.3. The largest absolute Gasteiger partial charge is 0.368 e. The lowest BCUT2D eigenvalue weighted by Crippen LogP contribution is -2.47. The Labute approximate surface area is 82.3 Å². The van der Waals surface area contributed by atoms with Crippen LogP contribution in [0, 0.1) is 11.3 Å². The molecule has 0 saturated carbocycles. The molecule has 0 radical (unpaired) electrons. The summed E-state index contributed by atoms with van der Waals surface area (Å²) in [6.07, 6.45) is 1.64. The molecule has 1 heterocycles. The van der Waals surface area contributed by atoms with Gasteiger partial charge in [-0.1, -0.05) is 0 Å². The van der Waals surface area contributed by atoms with Crippen molar-refractivity contribution in [3.63, 3.8) is 0 Å². The average molecular weight is 198 g/mol. The Bertz CT molecular complexity index is 230. The van der Waals surface area contributed by atoms with Crippen LogP contribution in [0.15, 0.2) is 0 Å². The van der Waals surface area contributed by atoms with Gasteiger partial charge < -0.3 is 11.1 Å². The van der Waals surface area contributed by atoms with E-state index in [1.165, 1.54) is 0 Å². The number of primary amides is 1. The number of nitrogens with two attached hydrogens (primary N) is 1. The first kappa shape index (κ1) is 10.9. The van der Waals surface area contributed by atoms with Gasteiger partial charge in [0.05, 0.1) is 12.1 Å². The summed E-state index contributed by atoms with van der Waals surface area (Å²) in [5.74, 6) is -0.504. The predicted molar refractivity (Wildman–Crippen MR) is 48.7 cm³/mol. The van der Waals surface area contributed by atoms with Crippen LogP contribution in [-0.2, 0) is 9.63 Å². The van der Waals surface area contributed by atoms with Gasteiger partial charge in [-0.3, -0.25) is 9.63 Å². The summed E-state index contributed by atoms with van der Waals surface area (Å²) >= 11 is 0. The summed E-state index contributed by atoms with van der Waals surface area (Å²) in [5, 5.41) is 11.6. The lowest BCUT2D eigenvalue weighted by atomic mass is 10.0. The van der Waals surface area contributed by atoms with Crippen molar-refractivity contribution in [2.45, 2.75) is 24.9 Å². The quantitative estimate of drug-likeness (QED) is 0.484. The molecule has 0 spiro atoms. The SMILES string of the molecule is N#C[C@@H]1CC[C@@H](NOCC(N)=O)CN1. The fourth-order valence-electron chi connectivity index (χ4n) is 1.30. The van der Waals surface area contributed by atoms with Crippen LogP contribution >= 0.6 is 0 Å². The number of rotatable bonds is 4. The first-order valence-corrected chi connectivity index (χ1v) is 4.51. The van der Waals surface area contributed by atoms with E-state index < -0.39 is 5.91 Å². The van der Waals surface area contributed by atoms with E-state index in [1.807, 2.05) is 0 Å². The molecule has 0 bridgehead atoms. The monoisotopic (exact) mass is 198 g/mol. The van der Waals surface area contributed by atoms with Crippen LogP contribution in [0.25, 0.3) is 0 Å². The topological polar surface area (TPSA) is 100 Å². The first-order valence-electron chi connectivity index (χ1n) is 4.51. The third-order valence-corrected chi connectivity index (χ3v) is 2.03. The van der Waals surface area contributed by atoms with Gasteiger partial charge in [-0.05, 0) is 12.8 Å². The van der Waals surface area contributed by atoms with Gasteiger partial charge in [0.1, 0.15) is 6.61 Å². The molecule has 1 aliphatic rings. The highest BCUT2D eigenvalue weighted by atomic mass is 16.6. The zero-order chi connectivity index (χ0) is 10.4. The fourth-order valence-corrected chi connectivity index (χ4v) is 1.30. The first-order chi connectivity index (χ1) is 6.72. The maximum Gasteiger partial charge on any atom is 0.245 e. The van der Waals surface area contributed by atoms with Crippen LogP contribution < -0.4 is 16.5 Å². The van der Waals surface area contributed by atoms with Crippen molar-refractivity contribution in [2.75, 3.05) is 13.2 Å². The van der Waals surface area contributed by atoms with E-state index in [1.54, 1.807) is 0 Å². The molecule has 1 aliphatic heterocycles. The van der Waals surface area contributed by atoms with Crippen LogP contribution in [0.3, 0.4) is 0 Å². The molecule has 0 aromatic rings. The number of carbonyl (C=O) groups excluding carboxylic acids is 1. The van der Waals surface area contributed by atoms with Crippen molar-refractivity contribution in [1.29, 1.82) is 5.26 Å². The minimum Gasteiger partial charge on any atom is -0.368 e. The highest BCUT2D eigenvalue weighted by Crippen LogP contribution is 2.06. The van der Waals surface area contributed by atoms with E-state index in [2.05, 4.69) is 16.9 Å². The van der Waals surface area contributed by atoms with Gasteiger partial charge in [-0.2, -0.15) is 10.7 Å². The van der Waals surface area contributed by atoms with Gasteiger partial charge in [0, 0.05) is 12.6 Å². The number of hydrogen-bond acceptors (Lipinski definition) is 5. The van der Waals surface area contributed by atoms with Crippen LogP contribution in [0.2, 0.25) is 0 Å². The minimum absolute atomic E-state index is 0.0656. The molecule has 0 aromatic heterocycles. The molecule has 6 heteroatoms. The van der Waals surface area contributed by atoms with Crippen molar-refractivity contribution in [2.24, 2.45) is 5.73 Å². The van der Waals surface area contributed by atoms with E-state index >= 15 is 0 Å². The van der Waals surface area contributed by atoms with Crippen LogP contribution in [0.5, 0.6) is 0 Å². The average Bonchev–Trinajstić information content (AvgIpc) is 2.18. The van der Waals surface area contributed by atoms with Gasteiger partial charge in [0.25, 0.3) is 0 Å². The Morgan fingerprint density at radius 1 is 1.71 bits per heavy atom. The van der Waals surface area contributed by atoms with Crippen LogP contribution in [0.1, 0.15) is 12.8 Å². The molecule has 0 aromatic carbocycles. The highest BCUT2D eigenvalue weighted by molar-refractivity contribution is 5.74. The fraction of sp³-hybridized carbons (Fsp3) is 0.750. The minimum atomic E-state index is -0.504. The molecule has 0 unspecified atom stereocenters.